The second-order valence-corrected chi connectivity index (χ2v) is 2.61. The predicted octanol–water partition coefficient (Wildman–Crippen LogP) is 0.439. The third-order valence-corrected chi connectivity index (χ3v) is 2.07. The van der Waals surface area contributed by atoms with Gasteiger partial charge < -0.3 is 4.74 Å². The van der Waals surface area contributed by atoms with E-state index in [0.717, 1.165) is 19.4 Å². The minimum absolute atomic E-state index is 0.787. The molecule has 0 radical (unpaired) electrons. The molecule has 0 aromatic heterocycles. The highest BCUT2D eigenvalue weighted by molar-refractivity contribution is 4.80. The Bertz CT molecular complexity index is 74.5. The van der Waals surface area contributed by atoms with Crippen LogP contribution in [0.25, 0.3) is 0 Å². The molecule has 0 aliphatic carbocycles. The van der Waals surface area contributed by atoms with E-state index < -0.39 is 0 Å². The van der Waals surface area contributed by atoms with E-state index in [2.05, 4.69) is 4.90 Å². The number of hydrogen-bond acceptors (Lipinski definition) is 2. The van der Waals surface area contributed by atoms with Gasteiger partial charge >= 0.3 is 0 Å². The second-order valence-electron chi connectivity index (χ2n) is 2.61. The van der Waals surface area contributed by atoms with Crippen molar-refractivity contribution in [1.82, 2.24) is 4.90 Å². The highest BCUT2D eigenvalue weighted by Gasteiger charge is 2.28. The lowest BCUT2D eigenvalue weighted by Crippen LogP contribution is -2.23. The Morgan fingerprint density at radius 2 is 2.50 bits per heavy atom. The third kappa shape index (κ3) is 0.565. The molecule has 2 heterocycles. The lowest BCUT2D eigenvalue weighted by Gasteiger charge is -2.08. The molecular formula is C6H11NO. The zero-order valence-electron chi connectivity index (χ0n) is 4.97. The summed E-state index contributed by atoms with van der Waals surface area (Å²) in [5.41, 5.74) is 0. The van der Waals surface area contributed by atoms with Crippen molar-refractivity contribution in [2.75, 3.05) is 19.9 Å². The predicted molar refractivity (Wildman–Crippen MR) is 30.5 cm³/mol. The molecule has 0 saturated carbocycles. The fourth-order valence-corrected chi connectivity index (χ4v) is 1.56. The van der Waals surface area contributed by atoms with Gasteiger partial charge in [0, 0.05) is 12.6 Å². The van der Waals surface area contributed by atoms with E-state index in [-0.39, 0.29) is 0 Å². The van der Waals surface area contributed by atoms with Gasteiger partial charge in [-0.2, -0.15) is 0 Å². The van der Waals surface area contributed by atoms with E-state index >= 15 is 0 Å². The Balaban J connectivity index is 2.04. The van der Waals surface area contributed by atoms with Gasteiger partial charge in [-0.25, -0.2) is 0 Å². The molecule has 2 saturated heterocycles. The van der Waals surface area contributed by atoms with Gasteiger partial charge in [-0.1, -0.05) is 0 Å². The monoisotopic (exact) mass is 113 g/mol. The highest BCUT2D eigenvalue weighted by atomic mass is 16.5. The molecule has 0 aromatic rings. The second kappa shape index (κ2) is 1.71. The minimum atomic E-state index is 0.787. The molecule has 2 aliphatic heterocycles. The van der Waals surface area contributed by atoms with E-state index in [1.54, 1.807) is 0 Å². The first-order valence-electron chi connectivity index (χ1n) is 3.28. The standard InChI is InChI=1S/C6H11NO/c1-2-6-4-8-5-7(6)3-1/h6H,1-5H2/t6-/m0/s1. The molecule has 2 rings (SSSR count). The summed E-state index contributed by atoms with van der Waals surface area (Å²) < 4.78 is 5.24. The molecule has 0 N–H and O–H groups in total. The molecule has 46 valence electrons. The molecule has 0 unspecified atom stereocenters. The van der Waals surface area contributed by atoms with Gasteiger partial charge in [-0.3, -0.25) is 4.90 Å². The molecule has 0 bridgehead atoms. The van der Waals surface area contributed by atoms with Gasteiger partial charge in [0.05, 0.1) is 13.3 Å². The van der Waals surface area contributed by atoms with Crippen molar-refractivity contribution in [3.05, 3.63) is 0 Å². The van der Waals surface area contributed by atoms with Crippen molar-refractivity contribution in [2.24, 2.45) is 0 Å². The van der Waals surface area contributed by atoms with Crippen LogP contribution in [-0.2, 0) is 4.74 Å². The van der Waals surface area contributed by atoms with E-state index in [0.29, 0.717) is 0 Å². The van der Waals surface area contributed by atoms with E-state index in [9.17, 15) is 0 Å². The van der Waals surface area contributed by atoms with E-state index in [4.69, 9.17) is 4.74 Å². The zero-order chi connectivity index (χ0) is 5.40. The molecular weight excluding hydrogens is 102 g/mol. The minimum Gasteiger partial charge on any atom is -0.364 e. The van der Waals surface area contributed by atoms with Crippen LogP contribution in [0.5, 0.6) is 0 Å². The number of hydrogen-bond donors (Lipinski definition) is 0. The number of fused-ring (bicyclic) bond motifs is 1. The normalized spacial score (nSPS) is 38.2. The van der Waals surface area contributed by atoms with Crippen molar-refractivity contribution < 1.29 is 4.74 Å². The molecule has 2 fully saturated rings. The van der Waals surface area contributed by atoms with Crippen molar-refractivity contribution in [3.8, 4) is 0 Å². The summed E-state index contributed by atoms with van der Waals surface area (Å²) >= 11 is 0. The average Bonchev–Trinajstić information content (AvgIpc) is 2.15. The Hall–Kier alpha value is -0.0800. The molecule has 0 amide bonds. The number of rotatable bonds is 0. The molecule has 1 atom stereocenters. The maximum absolute atomic E-state index is 5.24. The third-order valence-electron chi connectivity index (χ3n) is 2.07. The Morgan fingerprint density at radius 3 is 3.38 bits per heavy atom. The summed E-state index contributed by atoms with van der Waals surface area (Å²) in [4.78, 5) is 2.42. The van der Waals surface area contributed by atoms with Crippen LogP contribution in [0.15, 0.2) is 0 Å². The summed E-state index contributed by atoms with van der Waals surface area (Å²) in [5.74, 6) is 0. The van der Waals surface area contributed by atoms with E-state index in [1.165, 1.54) is 19.4 Å². The van der Waals surface area contributed by atoms with Gasteiger partial charge in [0.2, 0.25) is 0 Å². The Labute approximate surface area is 49.4 Å². The lowest BCUT2D eigenvalue weighted by molar-refractivity contribution is 0.143. The molecule has 2 heteroatoms. The molecule has 2 nitrogen and oxygen atoms in total. The lowest BCUT2D eigenvalue weighted by atomic mass is 10.2. The molecule has 8 heavy (non-hydrogen) atoms. The quantitative estimate of drug-likeness (QED) is 0.452. The Kier molecular flexibility index (Phi) is 1.02. The first-order chi connectivity index (χ1) is 3.97. The van der Waals surface area contributed by atoms with Crippen LogP contribution in [0.2, 0.25) is 0 Å². The molecule has 0 aromatic carbocycles. The maximum Gasteiger partial charge on any atom is 0.0994 e. The topological polar surface area (TPSA) is 12.5 Å². The van der Waals surface area contributed by atoms with Gasteiger partial charge in [0.25, 0.3) is 0 Å². The van der Waals surface area contributed by atoms with Crippen LogP contribution >= 0.6 is 0 Å². The van der Waals surface area contributed by atoms with Crippen LogP contribution in [0, 0.1) is 0 Å². The summed E-state index contributed by atoms with van der Waals surface area (Å²) in [6, 6.07) is 0.787. The fourth-order valence-electron chi connectivity index (χ4n) is 1.56. The maximum atomic E-state index is 5.24. The van der Waals surface area contributed by atoms with Crippen molar-refractivity contribution in [2.45, 2.75) is 18.9 Å². The molecule has 2 aliphatic rings. The van der Waals surface area contributed by atoms with Crippen LogP contribution in [0.1, 0.15) is 12.8 Å². The zero-order valence-corrected chi connectivity index (χ0v) is 4.97. The number of ether oxygens (including phenoxy) is 1. The van der Waals surface area contributed by atoms with Crippen molar-refractivity contribution >= 4 is 0 Å². The first-order valence-corrected chi connectivity index (χ1v) is 3.28. The van der Waals surface area contributed by atoms with E-state index in [1.807, 2.05) is 0 Å². The smallest absolute Gasteiger partial charge is 0.0994 e. The van der Waals surface area contributed by atoms with Gasteiger partial charge in [-0.05, 0) is 12.8 Å². The highest BCUT2D eigenvalue weighted by Crippen LogP contribution is 2.21. The Morgan fingerprint density at radius 1 is 1.50 bits per heavy atom. The largest absolute Gasteiger partial charge is 0.364 e. The van der Waals surface area contributed by atoms with Gasteiger partial charge in [0.15, 0.2) is 0 Å². The van der Waals surface area contributed by atoms with Gasteiger partial charge in [0.1, 0.15) is 0 Å². The summed E-state index contributed by atoms with van der Waals surface area (Å²) in [5, 5.41) is 0. The van der Waals surface area contributed by atoms with Crippen molar-refractivity contribution in [1.29, 1.82) is 0 Å². The SMILES string of the molecule is C1C[C@H]2COCN2C1. The summed E-state index contributed by atoms with van der Waals surface area (Å²) in [7, 11) is 0. The van der Waals surface area contributed by atoms with Crippen molar-refractivity contribution in [3.63, 3.8) is 0 Å². The van der Waals surface area contributed by atoms with Crippen LogP contribution in [-0.4, -0.2) is 30.8 Å². The van der Waals surface area contributed by atoms with Gasteiger partial charge in [-0.15, -0.1) is 0 Å². The fraction of sp³-hybridized carbons (Fsp3) is 1.00. The summed E-state index contributed by atoms with van der Waals surface area (Å²) in [6.07, 6.45) is 2.74. The first kappa shape index (κ1) is 4.77. The van der Waals surface area contributed by atoms with Crippen LogP contribution in [0.3, 0.4) is 0 Å². The van der Waals surface area contributed by atoms with Crippen LogP contribution < -0.4 is 0 Å². The average molecular weight is 113 g/mol. The van der Waals surface area contributed by atoms with Crippen LogP contribution in [0.4, 0.5) is 0 Å². The summed E-state index contributed by atoms with van der Waals surface area (Å²) in [6.45, 7) is 3.15. The molecule has 0 spiro atoms. The number of nitrogens with zero attached hydrogens (tertiary/aromatic N) is 1.